The van der Waals surface area contributed by atoms with Gasteiger partial charge in [0.2, 0.25) is 0 Å². The van der Waals surface area contributed by atoms with Crippen molar-refractivity contribution in [2.75, 3.05) is 45.1 Å². The summed E-state index contributed by atoms with van der Waals surface area (Å²) in [6, 6.07) is 3.60. The Balaban J connectivity index is 1.58. The minimum Gasteiger partial charge on any atom is -0.363 e. The van der Waals surface area contributed by atoms with Gasteiger partial charge in [-0.1, -0.05) is 5.16 Å². The molecule has 0 spiro atoms. The van der Waals surface area contributed by atoms with Crippen LogP contribution in [0.3, 0.4) is 0 Å². The summed E-state index contributed by atoms with van der Waals surface area (Å²) in [5.41, 5.74) is 1.16. The van der Waals surface area contributed by atoms with Gasteiger partial charge in [-0.25, -0.2) is 0 Å². The summed E-state index contributed by atoms with van der Waals surface area (Å²) in [5.74, 6) is -1.22. The third-order valence-corrected chi connectivity index (χ3v) is 4.95. The molecular formula is C16H21N5O3S. The average molecular weight is 363 g/mol. The van der Waals surface area contributed by atoms with Crippen LogP contribution in [-0.4, -0.2) is 66.5 Å². The molecule has 1 saturated heterocycles. The van der Waals surface area contributed by atoms with Crippen LogP contribution in [0.25, 0.3) is 0 Å². The number of carbonyl (C=O) groups is 2. The zero-order valence-corrected chi connectivity index (χ0v) is 14.8. The topological polar surface area (TPSA) is 90.7 Å². The van der Waals surface area contributed by atoms with Crippen LogP contribution in [0.1, 0.15) is 11.6 Å². The van der Waals surface area contributed by atoms with Gasteiger partial charge in [0, 0.05) is 38.8 Å². The zero-order chi connectivity index (χ0) is 17.6. The highest BCUT2D eigenvalue weighted by Crippen LogP contribution is 2.23. The Morgan fingerprint density at radius 1 is 1.28 bits per heavy atom. The summed E-state index contributed by atoms with van der Waals surface area (Å²) in [7, 11) is 2.10. The number of piperazine rings is 1. The molecular weight excluding hydrogens is 342 g/mol. The second-order valence-electron chi connectivity index (χ2n) is 5.96. The number of nitrogens with one attached hydrogen (secondary N) is 2. The molecule has 1 aliphatic rings. The quantitative estimate of drug-likeness (QED) is 0.763. The molecule has 1 atom stereocenters. The van der Waals surface area contributed by atoms with Crippen molar-refractivity contribution in [3.63, 3.8) is 0 Å². The smallest absolute Gasteiger partial charge is 0.314 e. The molecule has 1 aliphatic heterocycles. The first-order chi connectivity index (χ1) is 12.1. The van der Waals surface area contributed by atoms with E-state index in [1.807, 2.05) is 5.38 Å². The Hall–Kier alpha value is -2.23. The van der Waals surface area contributed by atoms with Crippen LogP contribution >= 0.6 is 11.3 Å². The first-order valence-corrected chi connectivity index (χ1v) is 9.02. The lowest BCUT2D eigenvalue weighted by Gasteiger charge is -2.37. The molecule has 8 nitrogen and oxygen atoms in total. The van der Waals surface area contributed by atoms with Gasteiger partial charge in [0.1, 0.15) is 6.26 Å². The normalized spacial score (nSPS) is 17.2. The van der Waals surface area contributed by atoms with E-state index in [9.17, 15) is 9.59 Å². The average Bonchev–Trinajstić information content (AvgIpc) is 3.30. The van der Waals surface area contributed by atoms with Crippen LogP contribution in [0.5, 0.6) is 0 Å². The minimum atomic E-state index is -0.753. The molecule has 0 bridgehead atoms. The van der Waals surface area contributed by atoms with Gasteiger partial charge < -0.3 is 14.7 Å². The molecule has 3 heterocycles. The fourth-order valence-corrected chi connectivity index (χ4v) is 3.48. The molecule has 1 fully saturated rings. The number of amides is 2. The highest BCUT2D eigenvalue weighted by molar-refractivity contribution is 7.07. The van der Waals surface area contributed by atoms with Gasteiger partial charge in [0.25, 0.3) is 0 Å². The number of carbonyl (C=O) groups excluding carboxylic acids is 2. The zero-order valence-electron chi connectivity index (χ0n) is 14.0. The minimum absolute atomic E-state index is 0.0590. The van der Waals surface area contributed by atoms with E-state index in [0.29, 0.717) is 6.54 Å². The number of hydrogen-bond donors (Lipinski definition) is 2. The molecule has 2 amide bonds. The van der Waals surface area contributed by atoms with Gasteiger partial charge in [-0.2, -0.15) is 11.3 Å². The van der Waals surface area contributed by atoms with Gasteiger partial charge in [-0.05, 0) is 29.4 Å². The van der Waals surface area contributed by atoms with Crippen LogP contribution < -0.4 is 10.6 Å². The number of rotatable bonds is 5. The second kappa shape index (κ2) is 8.24. The fourth-order valence-electron chi connectivity index (χ4n) is 2.78. The van der Waals surface area contributed by atoms with Gasteiger partial charge in [-0.3, -0.25) is 19.8 Å². The van der Waals surface area contributed by atoms with Crippen molar-refractivity contribution in [2.45, 2.75) is 6.04 Å². The van der Waals surface area contributed by atoms with Crippen molar-refractivity contribution in [3.05, 3.63) is 34.7 Å². The Labute approximate surface area is 149 Å². The SMILES string of the molecule is CN1CCN([C@@H](CNC(=O)C(=O)Nc2ccon2)c2ccsc2)CC1. The molecule has 25 heavy (non-hydrogen) atoms. The van der Waals surface area contributed by atoms with Gasteiger partial charge in [0.05, 0.1) is 6.04 Å². The van der Waals surface area contributed by atoms with Crippen molar-refractivity contribution >= 4 is 29.0 Å². The van der Waals surface area contributed by atoms with E-state index >= 15 is 0 Å². The predicted molar refractivity (Wildman–Crippen MR) is 94.3 cm³/mol. The number of thiophene rings is 1. The van der Waals surface area contributed by atoms with E-state index < -0.39 is 11.8 Å². The third-order valence-electron chi connectivity index (χ3n) is 4.25. The van der Waals surface area contributed by atoms with E-state index in [-0.39, 0.29) is 11.9 Å². The number of nitrogens with zero attached hydrogens (tertiary/aromatic N) is 3. The molecule has 2 aromatic rings. The van der Waals surface area contributed by atoms with Crippen LogP contribution in [0, 0.1) is 0 Å². The standard InChI is InChI=1S/C16H21N5O3S/c1-20-4-6-21(7-5-20)13(12-3-9-25-11-12)10-17-15(22)16(23)18-14-2-8-24-19-14/h2-3,8-9,11,13H,4-7,10H2,1H3,(H,17,22)(H,18,19,23)/t13-/m0/s1. The van der Waals surface area contributed by atoms with E-state index in [1.165, 1.54) is 12.3 Å². The summed E-state index contributed by atoms with van der Waals surface area (Å²) >= 11 is 1.63. The summed E-state index contributed by atoms with van der Waals surface area (Å²) in [4.78, 5) is 28.6. The number of aromatic nitrogens is 1. The molecule has 0 aliphatic carbocycles. The van der Waals surface area contributed by atoms with E-state index in [4.69, 9.17) is 0 Å². The van der Waals surface area contributed by atoms with Crippen LogP contribution in [0.2, 0.25) is 0 Å². The molecule has 0 aromatic carbocycles. The first kappa shape index (κ1) is 17.6. The second-order valence-corrected chi connectivity index (χ2v) is 6.74. The van der Waals surface area contributed by atoms with E-state index in [1.54, 1.807) is 11.3 Å². The lowest BCUT2D eigenvalue weighted by Crippen LogP contribution is -2.49. The number of hydrogen-bond acceptors (Lipinski definition) is 7. The van der Waals surface area contributed by atoms with Gasteiger partial charge in [-0.15, -0.1) is 0 Å². The third kappa shape index (κ3) is 4.65. The summed E-state index contributed by atoms with van der Waals surface area (Å²) in [6.07, 6.45) is 1.33. The van der Waals surface area contributed by atoms with Crippen LogP contribution in [0.15, 0.2) is 33.7 Å². The van der Waals surface area contributed by atoms with Gasteiger partial charge >= 0.3 is 11.8 Å². The predicted octanol–water partition coefficient (Wildman–Crippen LogP) is 0.779. The molecule has 134 valence electrons. The lowest BCUT2D eigenvalue weighted by atomic mass is 10.1. The largest absolute Gasteiger partial charge is 0.363 e. The molecule has 0 unspecified atom stereocenters. The van der Waals surface area contributed by atoms with Crippen molar-refractivity contribution in [2.24, 2.45) is 0 Å². The monoisotopic (exact) mass is 363 g/mol. The first-order valence-electron chi connectivity index (χ1n) is 8.08. The highest BCUT2D eigenvalue weighted by atomic mass is 32.1. The Morgan fingerprint density at radius 3 is 2.72 bits per heavy atom. The number of likely N-dealkylation sites (N-methyl/N-ethyl adjacent to an activating group) is 1. The Morgan fingerprint density at radius 2 is 2.08 bits per heavy atom. The van der Waals surface area contributed by atoms with Crippen molar-refractivity contribution < 1.29 is 14.1 Å². The maximum Gasteiger partial charge on any atom is 0.314 e. The van der Waals surface area contributed by atoms with Gasteiger partial charge in [0.15, 0.2) is 5.82 Å². The summed E-state index contributed by atoms with van der Waals surface area (Å²) in [6.45, 7) is 4.21. The Kier molecular flexibility index (Phi) is 5.79. The summed E-state index contributed by atoms with van der Waals surface area (Å²) < 4.78 is 4.62. The maximum atomic E-state index is 12.1. The lowest BCUT2D eigenvalue weighted by molar-refractivity contribution is -0.136. The van der Waals surface area contributed by atoms with E-state index in [2.05, 4.69) is 48.6 Å². The number of anilines is 1. The Bertz CT molecular complexity index is 681. The van der Waals surface area contributed by atoms with E-state index in [0.717, 1.165) is 31.7 Å². The molecule has 2 aromatic heterocycles. The summed E-state index contributed by atoms with van der Waals surface area (Å²) in [5, 5.41) is 12.8. The fraction of sp³-hybridized carbons (Fsp3) is 0.438. The highest BCUT2D eigenvalue weighted by Gasteiger charge is 2.25. The van der Waals surface area contributed by atoms with Crippen molar-refractivity contribution in [1.82, 2.24) is 20.3 Å². The molecule has 2 N–H and O–H groups in total. The molecule has 0 radical (unpaired) electrons. The molecule has 0 saturated carbocycles. The van der Waals surface area contributed by atoms with Crippen molar-refractivity contribution in [1.29, 1.82) is 0 Å². The van der Waals surface area contributed by atoms with Crippen LogP contribution in [-0.2, 0) is 9.59 Å². The molecule has 9 heteroatoms. The maximum absolute atomic E-state index is 12.1. The van der Waals surface area contributed by atoms with Crippen molar-refractivity contribution in [3.8, 4) is 0 Å². The molecule has 3 rings (SSSR count). The van der Waals surface area contributed by atoms with Crippen LogP contribution in [0.4, 0.5) is 5.82 Å².